The number of aliphatic hydroxyl groups is 1. The van der Waals surface area contributed by atoms with Gasteiger partial charge in [0.05, 0.1) is 0 Å². The van der Waals surface area contributed by atoms with E-state index in [9.17, 15) is 18.7 Å². The summed E-state index contributed by atoms with van der Waals surface area (Å²) in [5, 5.41) is 14.5. The van der Waals surface area contributed by atoms with Gasteiger partial charge >= 0.3 is 12.6 Å². The van der Waals surface area contributed by atoms with Crippen molar-refractivity contribution >= 4 is 23.1 Å². The smallest absolute Gasteiger partial charge is 0.387 e. The summed E-state index contributed by atoms with van der Waals surface area (Å²) in [6.45, 7) is 6.23. The third-order valence-electron chi connectivity index (χ3n) is 3.66. The van der Waals surface area contributed by atoms with Gasteiger partial charge in [-0.25, -0.2) is 9.78 Å². The maximum Gasteiger partial charge on any atom is 0.387 e. The molecule has 0 saturated heterocycles. The fraction of sp³-hybridized carbons (Fsp3) is 0.474. The summed E-state index contributed by atoms with van der Waals surface area (Å²) in [6, 6.07) is 2.31. The van der Waals surface area contributed by atoms with Gasteiger partial charge in [0, 0.05) is 17.3 Å². The van der Waals surface area contributed by atoms with E-state index < -0.39 is 18.2 Å². The van der Waals surface area contributed by atoms with Crippen LogP contribution in [-0.4, -0.2) is 22.7 Å². The zero-order valence-corrected chi connectivity index (χ0v) is 17.4. The monoisotopic (exact) mass is 415 g/mol. The van der Waals surface area contributed by atoms with Crippen molar-refractivity contribution in [2.45, 2.75) is 59.2 Å². The van der Waals surface area contributed by atoms with Crippen molar-refractivity contribution in [2.24, 2.45) is 5.73 Å². The normalized spacial score (nSPS) is 11.2. The molecule has 2 aromatic rings. The zero-order chi connectivity index (χ0) is 21.5. The van der Waals surface area contributed by atoms with E-state index in [0.29, 0.717) is 23.2 Å². The van der Waals surface area contributed by atoms with Gasteiger partial charge in [-0.3, -0.25) is 0 Å². The Morgan fingerprint density at radius 2 is 2.04 bits per heavy atom. The largest absolute Gasteiger partial charge is 0.435 e. The first kappa shape index (κ1) is 23.8. The Bertz CT molecular complexity index is 761. The minimum Gasteiger partial charge on any atom is -0.435 e. The first-order chi connectivity index (χ1) is 13.0. The molecule has 1 heterocycles. The summed E-state index contributed by atoms with van der Waals surface area (Å²) in [5.41, 5.74) is 6.37. The third-order valence-corrected chi connectivity index (χ3v) is 4.74. The number of alkyl halides is 2. The number of benzene rings is 1. The third kappa shape index (κ3) is 7.40. The number of urea groups is 1. The highest BCUT2D eigenvalue weighted by Crippen LogP contribution is 2.33. The molecule has 2 rings (SSSR count). The quantitative estimate of drug-likeness (QED) is 0.629. The molecule has 2 amide bonds. The van der Waals surface area contributed by atoms with Crippen LogP contribution < -0.4 is 15.8 Å². The highest BCUT2D eigenvalue weighted by Gasteiger charge is 2.18. The first-order valence-corrected chi connectivity index (χ1v) is 9.64. The summed E-state index contributed by atoms with van der Waals surface area (Å²) in [6.07, 6.45) is 2.26. The molecule has 4 N–H and O–H groups in total. The summed E-state index contributed by atoms with van der Waals surface area (Å²) in [4.78, 5) is 15.0. The number of aryl methyl sites for hydroxylation is 1. The van der Waals surface area contributed by atoms with Crippen LogP contribution in [0.2, 0.25) is 0 Å². The molecule has 28 heavy (non-hydrogen) atoms. The average Bonchev–Trinajstić information content (AvgIpc) is 3.10. The van der Waals surface area contributed by atoms with Crippen LogP contribution in [0.25, 0.3) is 0 Å². The number of carbonyl (C=O) groups excluding carboxylic acids is 1. The molecule has 0 bridgehead atoms. The summed E-state index contributed by atoms with van der Waals surface area (Å²) in [7, 11) is 0. The number of rotatable bonds is 6. The molecule has 0 atom stereocenters. The molecule has 6 nitrogen and oxygen atoms in total. The van der Waals surface area contributed by atoms with Gasteiger partial charge in [-0.1, -0.05) is 20.8 Å². The Kier molecular flexibility index (Phi) is 8.77. The van der Waals surface area contributed by atoms with E-state index >= 15 is 0 Å². The van der Waals surface area contributed by atoms with Gasteiger partial charge in [-0.05, 0) is 49.4 Å². The van der Waals surface area contributed by atoms with Crippen molar-refractivity contribution in [3.8, 4) is 5.75 Å². The molecule has 156 valence electrons. The minimum atomic E-state index is -2.88. The number of carbonyl (C=O) groups is 1. The maximum atomic E-state index is 12.3. The second-order valence-corrected chi connectivity index (χ2v) is 7.71. The molecule has 0 aliphatic rings. The van der Waals surface area contributed by atoms with Crippen molar-refractivity contribution in [1.82, 2.24) is 4.98 Å². The SMILES string of the molecule is CC(C)(O)c1nccs1.CCc1cc(OC(F)F)cc(C(C)C)c1NC(N)=O. The lowest BCUT2D eigenvalue weighted by atomic mass is 9.96. The van der Waals surface area contributed by atoms with Gasteiger partial charge in [0.25, 0.3) is 0 Å². The van der Waals surface area contributed by atoms with Gasteiger partial charge < -0.3 is 20.9 Å². The number of hydrogen-bond donors (Lipinski definition) is 3. The molecular weight excluding hydrogens is 388 g/mol. The van der Waals surface area contributed by atoms with Gasteiger partial charge in [0.2, 0.25) is 0 Å². The van der Waals surface area contributed by atoms with E-state index in [1.807, 2.05) is 26.2 Å². The van der Waals surface area contributed by atoms with Crippen molar-refractivity contribution in [1.29, 1.82) is 0 Å². The minimum absolute atomic E-state index is 0.0355. The second kappa shape index (κ2) is 10.3. The molecule has 0 radical (unpaired) electrons. The molecular formula is C19H27F2N3O3S. The molecule has 1 aromatic heterocycles. The number of halogens is 2. The van der Waals surface area contributed by atoms with Crippen LogP contribution in [0.15, 0.2) is 23.7 Å². The average molecular weight is 416 g/mol. The van der Waals surface area contributed by atoms with E-state index in [0.717, 1.165) is 5.01 Å². The van der Waals surface area contributed by atoms with Crippen molar-refractivity contribution in [3.05, 3.63) is 39.8 Å². The highest BCUT2D eigenvalue weighted by molar-refractivity contribution is 7.09. The van der Waals surface area contributed by atoms with Crippen LogP contribution in [0.4, 0.5) is 19.3 Å². The second-order valence-electron chi connectivity index (χ2n) is 6.82. The Labute approximate surface area is 167 Å². The number of ether oxygens (including phenoxy) is 1. The van der Waals surface area contributed by atoms with E-state index in [4.69, 9.17) is 5.73 Å². The number of anilines is 1. The molecule has 0 saturated carbocycles. The number of hydrogen-bond acceptors (Lipinski definition) is 5. The molecule has 0 aliphatic carbocycles. The predicted octanol–water partition coefficient (Wildman–Crippen LogP) is 4.83. The van der Waals surface area contributed by atoms with Gasteiger partial charge in [-0.2, -0.15) is 8.78 Å². The first-order valence-electron chi connectivity index (χ1n) is 8.76. The number of primary amides is 1. The molecule has 0 fully saturated rings. The summed E-state index contributed by atoms with van der Waals surface area (Å²) in [5.74, 6) is 0.124. The van der Waals surface area contributed by atoms with Crippen LogP contribution in [0, 0.1) is 0 Å². The molecule has 0 aliphatic heterocycles. The number of amides is 2. The highest BCUT2D eigenvalue weighted by atomic mass is 32.1. The summed E-state index contributed by atoms with van der Waals surface area (Å²) >= 11 is 1.47. The molecule has 0 spiro atoms. The predicted molar refractivity (Wildman–Crippen MR) is 107 cm³/mol. The van der Waals surface area contributed by atoms with Crippen molar-refractivity contribution in [2.75, 3.05) is 5.32 Å². The number of nitrogens with one attached hydrogen (secondary N) is 1. The van der Waals surface area contributed by atoms with Crippen molar-refractivity contribution < 1.29 is 23.4 Å². The maximum absolute atomic E-state index is 12.3. The zero-order valence-electron chi connectivity index (χ0n) is 16.6. The van der Waals surface area contributed by atoms with E-state index in [2.05, 4.69) is 15.0 Å². The summed E-state index contributed by atoms with van der Waals surface area (Å²) < 4.78 is 29.0. The van der Waals surface area contributed by atoms with E-state index in [1.54, 1.807) is 20.0 Å². The molecule has 1 aromatic carbocycles. The Morgan fingerprint density at radius 3 is 2.39 bits per heavy atom. The number of aromatic nitrogens is 1. The Balaban J connectivity index is 0.000000362. The standard InChI is InChI=1S/C13H18F2N2O2.C6H9NOS/c1-4-8-5-9(19-12(14)15)6-10(7(2)3)11(8)17-13(16)18;1-6(2,8)5-7-3-4-9-5/h5-7,12H,4H2,1-3H3,(H3,16,17,18);3-4,8H,1-2H3. The molecule has 9 heteroatoms. The topological polar surface area (TPSA) is 97.5 Å². The van der Waals surface area contributed by atoms with Gasteiger partial charge in [0.1, 0.15) is 16.4 Å². The van der Waals surface area contributed by atoms with Crippen LogP contribution in [-0.2, 0) is 12.0 Å². The van der Waals surface area contributed by atoms with Gasteiger partial charge in [0.15, 0.2) is 0 Å². The lowest BCUT2D eigenvalue weighted by Gasteiger charge is -2.19. The van der Waals surface area contributed by atoms with Crippen LogP contribution in [0.5, 0.6) is 5.75 Å². The number of thiazole rings is 1. The van der Waals surface area contributed by atoms with Crippen LogP contribution in [0.3, 0.4) is 0 Å². The van der Waals surface area contributed by atoms with Gasteiger partial charge in [-0.15, -0.1) is 11.3 Å². The Morgan fingerprint density at radius 1 is 1.39 bits per heavy atom. The van der Waals surface area contributed by atoms with Crippen LogP contribution >= 0.6 is 11.3 Å². The van der Waals surface area contributed by atoms with Crippen molar-refractivity contribution in [3.63, 3.8) is 0 Å². The number of nitrogens with zero attached hydrogens (tertiary/aromatic N) is 1. The number of nitrogens with two attached hydrogens (primary N) is 1. The lowest BCUT2D eigenvalue weighted by Crippen LogP contribution is -2.21. The lowest BCUT2D eigenvalue weighted by molar-refractivity contribution is -0.0499. The van der Waals surface area contributed by atoms with E-state index in [-0.39, 0.29) is 11.7 Å². The van der Waals surface area contributed by atoms with Crippen LogP contribution in [0.1, 0.15) is 56.7 Å². The molecule has 0 unspecified atom stereocenters. The Hall–Kier alpha value is -2.26. The fourth-order valence-electron chi connectivity index (χ4n) is 2.40. The van der Waals surface area contributed by atoms with E-state index in [1.165, 1.54) is 23.5 Å². The fourth-order valence-corrected chi connectivity index (χ4v) is 3.06.